The van der Waals surface area contributed by atoms with E-state index in [9.17, 15) is 9.18 Å². The van der Waals surface area contributed by atoms with Gasteiger partial charge in [0.05, 0.1) is 11.3 Å². The minimum Gasteiger partial charge on any atom is -0.321 e. The minimum atomic E-state index is -0.336. The number of nitrogens with zero attached hydrogens (tertiary/aromatic N) is 1. The molecule has 0 unspecified atom stereocenters. The molecule has 0 aliphatic rings. The Morgan fingerprint density at radius 1 is 1.44 bits per heavy atom. The SMILES string of the molecule is C/C=C(\N=N)c1cc2cc(F)c(C)cc2[nH]c1=O. The Bertz CT molecular complexity index is 716. The largest absolute Gasteiger partial charge is 0.321 e. The molecular formula is C13H12FN3O. The summed E-state index contributed by atoms with van der Waals surface area (Å²) in [7, 11) is 0. The minimum absolute atomic E-state index is 0.263. The van der Waals surface area contributed by atoms with E-state index in [1.165, 1.54) is 6.07 Å². The Labute approximate surface area is 103 Å². The molecule has 2 aromatic rings. The lowest BCUT2D eigenvalue weighted by Gasteiger charge is -2.04. The van der Waals surface area contributed by atoms with Gasteiger partial charge in [0.15, 0.2) is 0 Å². The van der Waals surface area contributed by atoms with Crippen molar-refractivity contribution in [3.05, 3.63) is 51.6 Å². The molecule has 0 atom stereocenters. The summed E-state index contributed by atoms with van der Waals surface area (Å²) in [4.78, 5) is 14.5. The second-order valence-electron chi connectivity index (χ2n) is 3.99. The van der Waals surface area contributed by atoms with E-state index >= 15 is 0 Å². The number of H-pyrrole nitrogens is 1. The first-order chi connectivity index (χ1) is 8.56. The van der Waals surface area contributed by atoms with Gasteiger partial charge in [-0.25, -0.2) is 9.92 Å². The predicted octanol–water partition coefficient (Wildman–Crippen LogP) is 3.37. The average Bonchev–Trinajstić information content (AvgIpc) is 2.34. The summed E-state index contributed by atoms with van der Waals surface area (Å²) in [5.41, 5.74) is 8.25. The van der Waals surface area contributed by atoms with Crippen LogP contribution >= 0.6 is 0 Å². The van der Waals surface area contributed by atoms with Crippen molar-refractivity contribution in [2.45, 2.75) is 13.8 Å². The van der Waals surface area contributed by atoms with Crippen molar-refractivity contribution in [2.75, 3.05) is 0 Å². The smallest absolute Gasteiger partial charge is 0.257 e. The zero-order chi connectivity index (χ0) is 13.3. The first-order valence-corrected chi connectivity index (χ1v) is 5.44. The second-order valence-corrected chi connectivity index (χ2v) is 3.99. The quantitative estimate of drug-likeness (QED) is 0.782. The Morgan fingerprint density at radius 2 is 2.17 bits per heavy atom. The topological polar surface area (TPSA) is 69.1 Å². The van der Waals surface area contributed by atoms with Crippen molar-refractivity contribution in [3.8, 4) is 0 Å². The molecule has 0 bridgehead atoms. The summed E-state index contributed by atoms with van der Waals surface area (Å²) in [5, 5.41) is 3.86. The van der Waals surface area contributed by atoms with Crippen LogP contribution in [-0.4, -0.2) is 4.98 Å². The highest BCUT2D eigenvalue weighted by atomic mass is 19.1. The number of halogens is 1. The summed E-state index contributed by atoms with van der Waals surface area (Å²) in [5.74, 6) is -0.328. The molecule has 0 radical (unpaired) electrons. The fourth-order valence-corrected chi connectivity index (χ4v) is 1.81. The molecule has 4 nitrogen and oxygen atoms in total. The summed E-state index contributed by atoms with van der Waals surface area (Å²) >= 11 is 0. The molecule has 0 saturated heterocycles. The number of allylic oxidation sites excluding steroid dienone is 1. The zero-order valence-electron chi connectivity index (χ0n) is 10.0. The van der Waals surface area contributed by atoms with Gasteiger partial charge in [-0.2, -0.15) is 5.11 Å². The summed E-state index contributed by atoms with van der Waals surface area (Å²) in [6.07, 6.45) is 1.56. The van der Waals surface area contributed by atoms with Gasteiger partial charge in [-0.05, 0) is 37.6 Å². The molecule has 0 saturated carbocycles. The molecule has 1 aromatic heterocycles. The fourth-order valence-electron chi connectivity index (χ4n) is 1.81. The van der Waals surface area contributed by atoms with Gasteiger partial charge in [-0.15, -0.1) is 0 Å². The Hall–Kier alpha value is -2.30. The maximum absolute atomic E-state index is 13.5. The van der Waals surface area contributed by atoms with Gasteiger partial charge in [0, 0.05) is 10.9 Å². The number of benzene rings is 1. The predicted molar refractivity (Wildman–Crippen MR) is 68.1 cm³/mol. The summed E-state index contributed by atoms with van der Waals surface area (Å²) < 4.78 is 13.5. The standard InChI is InChI=1S/C13H12FN3O/c1-3-11(17-15)9-5-8-6-10(14)7(2)4-12(8)16-13(9)18/h3-6,15H,1-2H3,(H,16,18)/b11-3-,17-15?. The maximum atomic E-state index is 13.5. The lowest BCUT2D eigenvalue weighted by atomic mass is 10.1. The van der Waals surface area contributed by atoms with E-state index in [0.717, 1.165) is 0 Å². The van der Waals surface area contributed by atoms with Gasteiger partial charge in [-0.1, -0.05) is 6.08 Å². The second kappa shape index (κ2) is 4.52. The fraction of sp³-hybridized carbons (Fsp3) is 0.154. The Kier molecular flexibility index (Phi) is 3.06. The molecule has 5 heteroatoms. The first kappa shape index (κ1) is 12.2. The van der Waals surface area contributed by atoms with Crippen molar-refractivity contribution >= 4 is 16.6 Å². The molecule has 92 valence electrons. The van der Waals surface area contributed by atoms with Crippen LogP contribution in [0.25, 0.3) is 16.6 Å². The van der Waals surface area contributed by atoms with Crippen LogP contribution in [0.2, 0.25) is 0 Å². The van der Waals surface area contributed by atoms with E-state index in [1.54, 1.807) is 32.1 Å². The lowest BCUT2D eigenvalue weighted by molar-refractivity contribution is 0.620. The highest BCUT2D eigenvalue weighted by molar-refractivity contribution is 5.83. The monoisotopic (exact) mass is 245 g/mol. The van der Waals surface area contributed by atoms with Gasteiger partial charge in [0.2, 0.25) is 0 Å². The van der Waals surface area contributed by atoms with Crippen LogP contribution in [0.1, 0.15) is 18.1 Å². The number of aromatic amines is 1. The van der Waals surface area contributed by atoms with Crippen LogP contribution in [0.15, 0.2) is 34.2 Å². The lowest BCUT2D eigenvalue weighted by Crippen LogP contribution is -2.11. The van der Waals surface area contributed by atoms with Crippen LogP contribution in [0.4, 0.5) is 4.39 Å². The molecule has 0 spiro atoms. The number of nitrogens with one attached hydrogen (secondary N) is 2. The van der Waals surface area contributed by atoms with Crippen LogP contribution in [0, 0.1) is 18.3 Å². The molecule has 0 fully saturated rings. The first-order valence-electron chi connectivity index (χ1n) is 5.44. The van der Waals surface area contributed by atoms with Crippen LogP contribution < -0.4 is 5.56 Å². The molecule has 2 rings (SSSR count). The van der Waals surface area contributed by atoms with E-state index in [-0.39, 0.29) is 22.6 Å². The van der Waals surface area contributed by atoms with Crippen molar-refractivity contribution in [1.29, 1.82) is 5.53 Å². The molecular weight excluding hydrogens is 233 g/mol. The van der Waals surface area contributed by atoms with Gasteiger partial charge < -0.3 is 4.98 Å². The normalized spacial score (nSPS) is 11.8. The van der Waals surface area contributed by atoms with Gasteiger partial charge in [-0.3, -0.25) is 4.79 Å². The van der Waals surface area contributed by atoms with Crippen molar-refractivity contribution in [1.82, 2.24) is 4.98 Å². The van der Waals surface area contributed by atoms with E-state index in [4.69, 9.17) is 5.53 Å². The van der Waals surface area contributed by atoms with Gasteiger partial charge in [0.1, 0.15) is 5.82 Å². The van der Waals surface area contributed by atoms with Crippen molar-refractivity contribution in [3.63, 3.8) is 0 Å². The molecule has 0 aliphatic carbocycles. The molecule has 0 amide bonds. The van der Waals surface area contributed by atoms with E-state index < -0.39 is 0 Å². The zero-order valence-corrected chi connectivity index (χ0v) is 10.0. The third-order valence-electron chi connectivity index (χ3n) is 2.79. The average molecular weight is 245 g/mol. The molecule has 0 aliphatic heterocycles. The Balaban J connectivity index is 2.80. The van der Waals surface area contributed by atoms with Crippen LogP contribution in [0.3, 0.4) is 0 Å². The number of aryl methyl sites for hydroxylation is 1. The van der Waals surface area contributed by atoms with E-state index in [1.807, 2.05) is 0 Å². The Morgan fingerprint density at radius 3 is 2.78 bits per heavy atom. The summed E-state index contributed by atoms with van der Waals surface area (Å²) in [6, 6.07) is 4.49. The van der Waals surface area contributed by atoms with Crippen molar-refractivity contribution in [2.24, 2.45) is 5.11 Å². The summed E-state index contributed by atoms with van der Waals surface area (Å²) in [6.45, 7) is 3.32. The highest BCUT2D eigenvalue weighted by Crippen LogP contribution is 2.20. The van der Waals surface area contributed by atoms with E-state index in [2.05, 4.69) is 10.1 Å². The molecule has 1 heterocycles. The van der Waals surface area contributed by atoms with Gasteiger partial charge in [0.25, 0.3) is 5.56 Å². The number of hydrogen-bond acceptors (Lipinski definition) is 3. The molecule has 1 aromatic carbocycles. The number of fused-ring (bicyclic) bond motifs is 1. The van der Waals surface area contributed by atoms with Crippen molar-refractivity contribution < 1.29 is 4.39 Å². The van der Waals surface area contributed by atoms with Crippen LogP contribution in [-0.2, 0) is 0 Å². The van der Waals surface area contributed by atoms with Crippen LogP contribution in [0.5, 0.6) is 0 Å². The number of aromatic nitrogens is 1. The number of hydrogen-bond donors (Lipinski definition) is 2. The maximum Gasteiger partial charge on any atom is 0.257 e. The number of pyridine rings is 1. The highest BCUT2D eigenvalue weighted by Gasteiger charge is 2.09. The van der Waals surface area contributed by atoms with Gasteiger partial charge >= 0.3 is 0 Å². The van der Waals surface area contributed by atoms with E-state index in [0.29, 0.717) is 16.5 Å². The molecule has 2 N–H and O–H groups in total. The number of rotatable bonds is 2. The third kappa shape index (κ3) is 1.95. The molecule has 18 heavy (non-hydrogen) atoms. The third-order valence-corrected chi connectivity index (χ3v) is 2.79.